The summed E-state index contributed by atoms with van der Waals surface area (Å²) in [6.45, 7) is 2.30. The molecular weight excluding hydrogens is 240 g/mol. The normalized spacial score (nSPS) is 9.80. The highest BCUT2D eigenvalue weighted by Crippen LogP contribution is 2.35. The zero-order valence-corrected chi connectivity index (χ0v) is 9.98. The van der Waals surface area contributed by atoms with Crippen LogP contribution in [0.1, 0.15) is 5.56 Å². The van der Waals surface area contributed by atoms with Crippen molar-refractivity contribution in [1.82, 2.24) is 0 Å². The number of aryl methyl sites for hydroxylation is 1. The Labute approximate surface area is 96.7 Å². The summed E-state index contributed by atoms with van der Waals surface area (Å²) in [5.74, 6) is 0.421. The Kier molecular flexibility index (Phi) is 4.71. The highest BCUT2D eigenvalue weighted by atomic mass is 35.5. The maximum Gasteiger partial charge on any atom is 0.514 e. The quantitative estimate of drug-likeness (QED) is 0.609. The number of alkyl halides is 1. The molecule has 0 radical (unpaired) electrons. The summed E-state index contributed by atoms with van der Waals surface area (Å²) in [4.78, 5) is 10.8. The van der Waals surface area contributed by atoms with Crippen molar-refractivity contribution in [2.45, 2.75) is 6.92 Å². The molecule has 0 aliphatic carbocycles. The third-order valence-electron chi connectivity index (χ3n) is 1.51. The fraction of sp³-hybridized carbons (Fsp3) is 0.444. The fourth-order valence-electron chi connectivity index (χ4n) is 0.886. The molecule has 0 aliphatic rings. The second-order valence-corrected chi connectivity index (χ2v) is 3.98. The predicted octanol–water partition coefficient (Wildman–Crippen LogP) is 2.82. The number of hydrogen-bond donors (Lipinski definition) is 0. The molecule has 0 spiro atoms. The number of carbonyl (C=O) groups is 1. The van der Waals surface area contributed by atoms with Crippen molar-refractivity contribution in [2.24, 2.45) is 0 Å². The molecule has 0 aliphatic heterocycles. The van der Waals surface area contributed by atoms with Crippen LogP contribution in [-0.2, 0) is 4.74 Å². The number of rotatable bonds is 4. The van der Waals surface area contributed by atoms with Gasteiger partial charge in [0.2, 0.25) is 0 Å². The first-order chi connectivity index (χ1) is 7.17. The van der Waals surface area contributed by atoms with Crippen molar-refractivity contribution < 1.29 is 19.0 Å². The Morgan fingerprint density at radius 2 is 2.33 bits per heavy atom. The van der Waals surface area contributed by atoms with Crippen LogP contribution in [0.15, 0.2) is 6.07 Å². The molecule has 0 saturated carbocycles. The highest BCUT2D eigenvalue weighted by molar-refractivity contribution is 7.15. The average Bonchev–Trinajstić information content (AvgIpc) is 2.55. The number of hydrogen-bond acceptors (Lipinski definition) is 5. The van der Waals surface area contributed by atoms with E-state index < -0.39 is 6.16 Å². The molecule has 0 fully saturated rings. The van der Waals surface area contributed by atoms with Crippen molar-refractivity contribution in [3.8, 4) is 10.1 Å². The van der Waals surface area contributed by atoms with Gasteiger partial charge in [-0.25, -0.2) is 4.79 Å². The number of halogens is 1. The molecule has 1 rings (SSSR count). The minimum Gasteiger partial charge on any atom is -0.482 e. The number of carbonyl (C=O) groups excluding carboxylic acids is 1. The lowest BCUT2D eigenvalue weighted by molar-refractivity contribution is 0.123. The molecule has 1 heterocycles. The summed E-state index contributed by atoms with van der Waals surface area (Å²) in [5.41, 5.74) is 0.906. The van der Waals surface area contributed by atoms with Gasteiger partial charge in [-0.2, -0.15) is 0 Å². The Hall–Kier alpha value is -0.940. The predicted molar refractivity (Wildman–Crippen MR) is 58.3 cm³/mol. The van der Waals surface area contributed by atoms with Gasteiger partial charge in [0.15, 0.2) is 10.1 Å². The number of methoxy groups -OCH3 is 1. The SMILES string of the molecule is COC(=O)Oc1cc(C)c(OCCCl)s1. The van der Waals surface area contributed by atoms with Gasteiger partial charge in [0.1, 0.15) is 6.61 Å². The Bertz CT molecular complexity index is 337. The van der Waals surface area contributed by atoms with Gasteiger partial charge in [-0.1, -0.05) is 11.3 Å². The average molecular weight is 251 g/mol. The minimum absolute atomic E-state index is 0.421. The summed E-state index contributed by atoms with van der Waals surface area (Å²) in [7, 11) is 1.26. The van der Waals surface area contributed by atoms with Crippen molar-refractivity contribution in [3.63, 3.8) is 0 Å². The van der Waals surface area contributed by atoms with Crippen LogP contribution in [0.5, 0.6) is 10.1 Å². The topological polar surface area (TPSA) is 44.8 Å². The van der Waals surface area contributed by atoms with E-state index in [1.165, 1.54) is 18.4 Å². The van der Waals surface area contributed by atoms with E-state index in [0.717, 1.165) is 5.56 Å². The second kappa shape index (κ2) is 5.82. The molecule has 4 nitrogen and oxygen atoms in total. The molecule has 1 aromatic rings. The van der Waals surface area contributed by atoms with Gasteiger partial charge in [-0.3, -0.25) is 0 Å². The van der Waals surface area contributed by atoms with Crippen LogP contribution >= 0.6 is 22.9 Å². The molecular formula is C9H11ClO4S. The van der Waals surface area contributed by atoms with E-state index in [1.54, 1.807) is 6.07 Å². The van der Waals surface area contributed by atoms with Crippen molar-refractivity contribution in [1.29, 1.82) is 0 Å². The van der Waals surface area contributed by atoms with Gasteiger partial charge >= 0.3 is 6.16 Å². The van der Waals surface area contributed by atoms with E-state index >= 15 is 0 Å². The minimum atomic E-state index is -0.736. The van der Waals surface area contributed by atoms with Gasteiger partial charge in [-0.15, -0.1) is 11.6 Å². The number of thiophene rings is 1. The van der Waals surface area contributed by atoms with E-state index in [1.807, 2.05) is 6.92 Å². The first kappa shape index (κ1) is 12.1. The number of ether oxygens (including phenoxy) is 3. The molecule has 0 aromatic carbocycles. The summed E-state index contributed by atoms with van der Waals surface area (Å²) in [5, 5.41) is 1.15. The third-order valence-corrected chi connectivity index (χ3v) is 2.69. The molecule has 0 unspecified atom stereocenters. The van der Waals surface area contributed by atoms with E-state index in [-0.39, 0.29) is 0 Å². The van der Waals surface area contributed by atoms with Crippen LogP contribution in [-0.4, -0.2) is 25.8 Å². The van der Waals surface area contributed by atoms with E-state index in [4.69, 9.17) is 21.1 Å². The van der Waals surface area contributed by atoms with Crippen LogP contribution in [0, 0.1) is 6.92 Å². The zero-order chi connectivity index (χ0) is 11.3. The highest BCUT2D eigenvalue weighted by Gasteiger charge is 2.11. The molecule has 0 saturated heterocycles. The van der Waals surface area contributed by atoms with Crippen molar-refractivity contribution in [3.05, 3.63) is 11.6 Å². The van der Waals surface area contributed by atoms with Crippen molar-refractivity contribution in [2.75, 3.05) is 19.6 Å². The maximum absolute atomic E-state index is 10.8. The lowest BCUT2D eigenvalue weighted by Crippen LogP contribution is -2.05. The molecule has 1 aromatic heterocycles. The molecule has 0 atom stereocenters. The van der Waals surface area contributed by atoms with Gasteiger partial charge in [0.25, 0.3) is 0 Å². The Morgan fingerprint density at radius 3 is 2.93 bits per heavy atom. The standard InChI is InChI=1S/C9H11ClO4S/c1-6-5-7(14-9(11)12-2)15-8(6)13-4-3-10/h5H,3-4H2,1-2H3. The van der Waals surface area contributed by atoms with Gasteiger partial charge in [0, 0.05) is 5.56 Å². The fourth-order valence-corrected chi connectivity index (χ4v) is 1.85. The molecule has 15 heavy (non-hydrogen) atoms. The van der Waals surface area contributed by atoms with E-state index in [0.29, 0.717) is 22.6 Å². The van der Waals surface area contributed by atoms with Crippen LogP contribution < -0.4 is 9.47 Å². The van der Waals surface area contributed by atoms with E-state index in [2.05, 4.69) is 4.74 Å². The van der Waals surface area contributed by atoms with Crippen LogP contribution in [0.25, 0.3) is 0 Å². The first-order valence-electron chi connectivity index (χ1n) is 4.22. The largest absolute Gasteiger partial charge is 0.514 e. The molecule has 84 valence electrons. The van der Waals surface area contributed by atoms with Crippen LogP contribution in [0.3, 0.4) is 0 Å². The maximum atomic E-state index is 10.8. The molecule has 0 N–H and O–H groups in total. The smallest absolute Gasteiger partial charge is 0.482 e. The van der Waals surface area contributed by atoms with Gasteiger partial charge in [0.05, 0.1) is 13.0 Å². The first-order valence-corrected chi connectivity index (χ1v) is 5.57. The molecule has 0 bridgehead atoms. The summed E-state index contributed by atoms with van der Waals surface area (Å²) in [6.07, 6.45) is -0.736. The summed E-state index contributed by atoms with van der Waals surface area (Å²) >= 11 is 6.73. The van der Waals surface area contributed by atoms with Gasteiger partial charge < -0.3 is 14.2 Å². The molecule has 6 heteroatoms. The monoisotopic (exact) mass is 250 g/mol. The second-order valence-electron chi connectivity index (χ2n) is 2.63. The van der Waals surface area contributed by atoms with Gasteiger partial charge in [-0.05, 0) is 13.0 Å². The zero-order valence-electron chi connectivity index (χ0n) is 8.41. The summed E-state index contributed by atoms with van der Waals surface area (Å²) < 4.78 is 14.6. The lowest BCUT2D eigenvalue weighted by Gasteiger charge is -2.00. The lowest BCUT2D eigenvalue weighted by atomic mass is 10.4. The van der Waals surface area contributed by atoms with Crippen molar-refractivity contribution >= 4 is 29.1 Å². The third kappa shape index (κ3) is 3.60. The Morgan fingerprint density at radius 1 is 1.60 bits per heavy atom. The van der Waals surface area contributed by atoms with Crippen LogP contribution in [0.4, 0.5) is 4.79 Å². The summed E-state index contributed by atoms with van der Waals surface area (Å²) in [6, 6.07) is 1.71. The Balaban J connectivity index is 2.63. The molecule has 0 amide bonds. The van der Waals surface area contributed by atoms with Crippen LogP contribution in [0.2, 0.25) is 0 Å². The van der Waals surface area contributed by atoms with E-state index in [9.17, 15) is 4.79 Å².